The Morgan fingerprint density at radius 1 is 1.38 bits per heavy atom. The monoisotopic (exact) mass is 176 g/mol. The first-order valence-corrected chi connectivity index (χ1v) is 4.89. The van der Waals surface area contributed by atoms with Gasteiger partial charge in [0.15, 0.2) is 5.78 Å². The molecule has 0 atom stereocenters. The number of Topliss-reactive ketones (excluding diaryl/α,β-unsaturated/α-hetero) is 1. The van der Waals surface area contributed by atoms with Crippen LogP contribution in [-0.2, 0) is 6.42 Å². The fraction of sp³-hybridized carbons (Fsp3) is 0.600. The molecule has 0 radical (unpaired) electrons. The summed E-state index contributed by atoms with van der Waals surface area (Å²) in [6.07, 6.45) is 7.13. The number of carbonyl (C=O) groups excluding carboxylic acids is 1. The Labute approximate surface area is 76.5 Å². The number of nitrogens with one attached hydrogen (secondary N) is 1. The van der Waals surface area contributed by atoms with Gasteiger partial charge in [-0.1, -0.05) is 6.42 Å². The minimum atomic E-state index is 0.0247. The van der Waals surface area contributed by atoms with Gasteiger partial charge in [0.2, 0.25) is 0 Å². The number of ketones is 1. The molecule has 3 heteroatoms. The molecule has 0 unspecified atom stereocenters. The standard InChI is InChI=1S/C10H12N2O/c13-9-7-6-11-12-8(7)2-5-10(9)3-1-4-10/h6H,1-5H2,(H,11,12). The zero-order valence-electron chi connectivity index (χ0n) is 7.47. The maximum atomic E-state index is 12.0. The van der Waals surface area contributed by atoms with Crippen LogP contribution in [0.1, 0.15) is 41.7 Å². The number of aromatic amines is 1. The first-order valence-electron chi connectivity index (χ1n) is 4.89. The number of carbonyl (C=O) groups is 1. The third kappa shape index (κ3) is 0.794. The predicted molar refractivity (Wildman–Crippen MR) is 47.5 cm³/mol. The summed E-state index contributed by atoms with van der Waals surface area (Å²) in [4.78, 5) is 12.0. The Morgan fingerprint density at radius 3 is 2.92 bits per heavy atom. The molecule has 1 spiro atoms. The van der Waals surface area contributed by atoms with Crippen LogP contribution in [0.2, 0.25) is 0 Å². The number of hydrogen-bond acceptors (Lipinski definition) is 2. The second-order valence-electron chi connectivity index (χ2n) is 4.23. The molecule has 0 saturated heterocycles. The van der Waals surface area contributed by atoms with Crippen LogP contribution in [-0.4, -0.2) is 16.0 Å². The van der Waals surface area contributed by atoms with Gasteiger partial charge in [-0.2, -0.15) is 5.10 Å². The predicted octanol–water partition coefficient (Wildman–Crippen LogP) is 1.71. The topological polar surface area (TPSA) is 45.8 Å². The third-order valence-electron chi connectivity index (χ3n) is 3.61. The van der Waals surface area contributed by atoms with E-state index >= 15 is 0 Å². The molecular formula is C10H12N2O. The molecule has 1 heterocycles. The van der Waals surface area contributed by atoms with E-state index in [1.165, 1.54) is 6.42 Å². The molecule has 13 heavy (non-hydrogen) atoms. The van der Waals surface area contributed by atoms with Crippen molar-refractivity contribution >= 4 is 5.78 Å². The highest BCUT2D eigenvalue weighted by Gasteiger charge is 2.47. The fourth-order valence-electron chi connectivity index (χ4n) is 2.54. The van der Waals surface area contributed by atoms with Crippen molar-refractivity contribution in [3.8, 4) is 0 Å². The Hall–Kier alpha value is -1.12. The maximum Gasteiger partial charge on any atom is 0.172 e. The number of fused-ring (bicyclic) bond motifs is 1. The molecule has 3 rings (SSSR count). The minimum absolute atomic E-state index is 0.0247. The molecule has 68 valence electrons. The van der Waals surface area contributed by atoms with Crippen LogP contribution in [0.4, 0.5) is 0 Å². The summed E-state index contributed by atoms with van der Waals surface area (Å²) in [5.74, 6) is 0.341. The molecule has 1 fully saturated rings. The van der Waals surface area contributed by atoms with Gasteiger partial charge in [-0.25, -0.2) is 0 Å². The van der Waals surface area contributed by atoms with Gasteiger partial charge in [0.05, 0.1) is 11.8 Å². The lowest BCUT2D eigenvalue weighted by atomic mass is 9.60. The SMILES string of the molecule is O=C1c2cn[nH]c2CCC12CCC2. The highest BCUT2D eigenvalue weighted by Crippen LogP contribution is 2.49. The quantitative estimate of drug-likeness (QED) is 0.654. The van der Waals surface area contributed by atoms with Crippen LogP contribution >= 0.6 is 0 Å². The van der Waals surface area contributed by atoms with E-state index in [-0.39, 0.29) is 5.41 Å². The van der Waals surface area contributed by atoms with E-state index in [2.05, 4.69) is 10.2 Å². The van der Waals surface area contributed by atoms with Crippen molar-refractivity contribution in [2.45, 2.75) is 32.1 Å². The molecule has 0 aliphatic heterocycles. The minimum Gasteiger partial charge on any atom is -0.293 e. The summed E-state index contributed by atoms with van der Waals surface area (Å²) >= 11 is 0. The van der Waals surface area contributed by atoms with Crippen LogP contribution < -0.4 is 0 Å². The number of aryl methyl sites for hydroxylation is 1. The van der Waals surface area contributed by atoms with Crippen molar-refractivity contribution < 1.29 is 4.79 Å². The Kier molecular flexibility index (Phi) is 1.25. The normalized spacial score (nSPS) is 24.2. The van der Waals surface area contributed by atoms with Crippen LogP contribution in [0.3, 0.4) is 0 Å². The third-order valence-corrected chi connectivity index (χ3v) is 3.61. The van der Waals surface area contributed by atoms with Crippen molar-refractivity contribution in [3.63, 3.8) is 0 Å². The average Bonchev–Trinajstić information content (AvgIpc) is 2.50. The smallest absolute Gasteiger partial charge is 0.172 e. The van der Waals surface area contributed by atoms with Crippen LogP contribution in [0.25, 0.3) is 0 Å². The highest BCUT2D eigenvalue weighted by atomic mass is 16.1. The van der Waals surface area contributed by atoms with Crippen LogP contribution in [0.15, 0.2) is 6.20 Å². The summed E-state index contributed by atoms with van der Waals surface area (Å²) in [6.45, 7) is 0. The number of aromatic nitrogens is 2. The maximum absolute atomic E-state index is 12.0. The number of H-pyrrole nitrogens is 1. The molecule has 1 aromatic rings. The zero-order valence-corrected chi connectivity index (χ0v) is 7.47. The van der Waals surface area contributed by atoms with Crippen molar-refractivity contribution in [3.05, 3.63) is 17.5 Å². The lowest BCUT2D eigenvalue weighted by molar-refractivity contribution is 0.0554. The van der Waals surface area contributed by atoms with Gasteiger partial charge < -0.3 is 0 Å². The Morgan fingerprint density at radius 2 is 2.23 bits per heavy atom. The van der Waals surface area contributed by atoms with Gasteiger partial charge in [-0.05, 0) is 25.7 Å². The van der Waals surface area contributed by atoms with Gasteiger partial charge in [-0.15, -0.1) is 0 Å². The van der Waals surface area contributed by atoms with Gasteiger partial charge in [-0.3, -0.25) is 9.89 Å². The van der Waals surface area contributed by atoms with E-state index in [9.17, 15) is 4.79 Å². The molecule has 1 N–H and O–H groups in total. The first kappa shape index (κ1) is 7.30. The summed E-state index contributed by atoms with van der Waals surface area (Å²) in [7, 11) is 0. The van der Waals surface area contributed by atoms with Crippen LogP contribution in [0, 0.1) is 5.41 Å². The van der Waals surface area contributed by atoms with Gasteiger partial charge >= 0.3 is 0 Å². The number of rotatable bonds is 0. The summed E-state index contributed by atoms with van der Waals surface area (Å²) in [5.41, 5.74) is 1.92. The molecule has 2 aliphatic rings. The molecule has 0 bridgehead atoms. The van der Waals surface area contributed by atoms with E-state index in [0.717, 1.165) is 36.9 Å². The number of hydrogen-bond donors (Lipinski definition) is 1. The van der Waals surface area contributed by atoms with E-state index in [0.29, 0.717) is 5.78 Å². The Bertz CT molecular complexity index is 363. The second kappa shape index (κ2) is 2.22. The van der Waals surface area contributed by atoms with E-state index in [1.54, 1.807) is 6.20 Å². The largest absolute Gasteiger partial charge is 0.293 e. The zero-order chi connectivity index (χ0) is 8.89. The van der Waals surface area contributed by atoms with E-state index in [1.807, 2.05) is 0 Å². The molecule has 0 aromatic carbocycles. The summed E-state index contributed by atoms with van der Waals surface area (Å²) in [5, 5.41) is 6.84. The van der Waals surface area contributed by atoms with Gasteiger partial charge in [0.25, 0.3) is 0 Å². The van der Waals surface area contributed by atoms with E-state index in [4.69, 9.17) is 0 Å². The van der Waals surface area contributed by atoms with E-state index < -0.39 is 0 Å². The molecular weight excluding hydrogens is 164 g/mol. The second-order valence-corrected chi connectivity index (χ2v) is 4.23. The molecule has 1 saturated carbocycles. The Balaban J connectivity index is 2.06. The van der Waals surface area contributed by atoms with Crippen molar-refractivity contribution in [1.82, 2.24) is 10.2 Å². The highest BCUT2D eigenvalue weighted by molar-refractivity contribution is 6.02. The fourth-order valence-corrected chi connectivity index (χ4v) is 2.54. The molecule has 1 aromatic heterocycles. The molecule has 3 nitrogen and oxygen atoms in total. The first-order chi connectivity index (χ1) is 6.32. The summed E-state index contributed by atoms with van der Waals surface area (Å²) in [6, 6.07) is 0. The van der Waals surface area contributed by atoms with Gasteiger partial charge in [0.1, 0.15) is 0 Å². The lowest BCUT2D eigenvalue weighted by Crippen LogP contribution is -2.41. The lowest BCUT2D eigenvalue weighted by Gasteiger charge is -2.42. The summed E-state index contributed by atoms with van der Waals surface area (Å²) < 4.78 is 0. The van der Waals surface area contributed by atoms with Crippen LogP contribution in [0.5, 0.6) is 0 Å². The van der Waals surface area contributed by atoms with Crippen molar-refractivity contribution in [2.75, 3.05) is 0 Å². The molecule has 0 amide bonds. The molecule has 2 aliphatic carbocycles. The van der Waals surface area contributed by atoms with Crippen molar-refractivity contribution in [2.24, 2.45) is 5.41 Å². The number of nitrogens with zero attached hydrogens (tertiary/aromatic N) is 1. The van der Waals surface area contributed by atoms with Gasteiger partial charge in [0, 0.05) is 11.1 Å². The van der Waals surface area contributed by atoms with Crippen molar-refractivity contribution in [1.29, 1.82) is 0 Å². The average molecular weight is 176 g/mol.